The van der Waals surface area contributed by atoms with E-state index < -0.39 is 51.5 Å². The molecular formula is C39H50N2O7S3. The van der Waals surface area contributed by atoms with E-state index in [4.69, 9.17) is 4.74 Å². The topological polar surface area (TPSA) is 130 Å². The minimum absolute atomic E-state index is 0.0175. The Labute approximate surface area is 311 Å². The number of aliphatic carboxylic acids is 1. The molecule has 3 aromatic rings. The summed E-state index contributed by atoms with van der Waals surface area (Å²) in [6.45, 7) is 4.34. The monoisotopic (exact) mass is 754 g/mol. The van der Waals surface area contributed by atoms with Crippen LogP contribution in [0.25, 0.3) is 0 Å². The standard InChI is InChI=1S/C39H50N2O7S3/c1-5-7-19-39(20-8-6-2)26-41(30-17-13-10-14-18-30)31-22-34(50-4)33(23-35(31)51(46,47)27-39)48-24-36(43)40-37(28-15-11-9-12-16-28)32(42)21-29(25-49-3)38(44)45/h9-18,22-23,29,37H,5-8,19-21,24-27H2,1-4H3,(H,40,43)(H,44,45)/t29-,37?/m0/s1. The van der Waals surface area contributed by atoms with Crippen LogP contribution in [0.2, 0.25) is 0 Å². The lowest BCUT2D eigenvalue weighted by molar-refractivity contribution is -0.143. The van der Waals surface area contributed by atoms with Crippen molar-refractivity contribution in [1.82, 2.24) is 5.32 Å². The Morgan fingerprint density at radius 1 is 0.961 bits per heavy atom. The lowest BCUT2D eigenvalue weighted by Crippen LogP contribution is -2.38. The second-order valence-electron chi connectivity index (χ2n) is 13.2. The lowest BCUT2D eigenvalue weighted by Gasteiger charge is -2.37. The lowest BCUT2D eigenvalue weighted by atomic mass is 9.79. The summed E-state index contributed by atoms with van der Waals surface area (Å²) >= 11 is 2.73. The number of ketones is 1. The molecule has 0 spiro atoms. The minimum atomic E-state index is -3.79. The van der Waals surface area contributed by atoms with Crippen molar-refractivity contribution in [2.75, 3.05) is 42.1 Å². The number of carbonyl (C=O) groups is 3. The molecule has 2 atom stereocenters. The van der Waals surface area contributed by atoms with Crippen molar-refractivity contribution in [3.8, 4) is 5.75 Å². The maximum Gasteiger partial charge on any atom is 0.307 e. The molecule has 1 unspecified atom stereocenters. The molecule has 1 amide bonds. The number of unbranched alkanes of at least 4 members (excludes halogenated alkanes) is 2. The van der Waals surface area contributed by atoms with Crippen molar-refractivity contribution in [1.29, 1.82) is 0 Å². The molecule has 0 saturated carbocycles. The Balaban J connectivity index is 1.67. The average Bonchev–Trinajstić information content (AvgIpc) is 3.22. The zero-order chi connectivity index (χ0) is 37.0. The zero-order valence-electron chi connectivity index (χ0n) is 29.9. The summed E-state index contributed by atoms with van der Waals surface area (Å²) in [7, 11) is -3.79. The number of ether oxygens (including phenoxy) is 1. The van der Waals surface area contributed by atoms with Crippen LogP contribution in [0.5, 0.6) is 5.75 Å². The maximum absolute atomic E-state index is 14.4. The number of sulfone groups is 1. The van der Waals surface area contributed by atoms with E-state index in [-0.39, 0.29) is 28.6 Å². The van der Waals surface area contributed by atoms with E-state index in [0.717, 1.165) is 44.2 Å². The number of Topliss-reactive ketones (excluding diaryl/α,β-unsaturated/α-hetero) is 1. The molecule has 4 rings (SSSR count). The fourth-order valence-corrected chi connectivity index (χ4v) is 10.0. The highest BCUT2D eigenvalue weighted by atomic mass is 32.2. The van der Waals surface area contributed by atoms with Gasteiger partial charge in [0.2, 0.25) is 0 Å². The van der Waals surface area contributed by atoms with E-state index in [1.807, 2.05) is 42.7 Å². The van der Waals surface area contributed by atoms with E-state index >= 15 is 0 Å². The summed E-state index contributed by atoms with van der Waals surface area (Å²) < 4.78 is 34.9. The number of benzene rings is 3. The number of carbonyl (C=O) groups excluding carboxylic acids is 2. The number of hydrogen-bond acceptors (Lipinski definition) is 9. The van der Waals surface area contributed by atoms with Gasteiger partial charge in [-0.05, 0) is 49.1 Å². The summed E-state index contributed by atoms with van der Waals surface area (Å²) in [5.74, 6) is -2.44. The second kappa shape index (κ2) is 18.8. The Hall–Kier alpha value is -3.48. The number of anilines is 2. The number of nitrogens with zero attached hydrogens (tertiary/aromatic N) is 1. The van der Waals surface area contributed by atoms with Crippen molar-refractivity contribution in [2.24, 2.45) is 11.3 Å². The van der Waals surface area contributed by atoms with Crippen molar-refractivity contribution in [2.45, 2.75) is 74.6 Å². The molecule has 0 bridgehead atoms. The smallest absolute Gasteiger partial charge is 0.307 e. The van der Waals surface area contributed by atoms with Gasteiger partial charge >= 0.3 is 5.97 Å². The number of carboxylic acid groups (broad SMARTS) is 1. The summed E-state index contributed by atoms with van der Waals surface area (Å²) in [6.07, 6.45) is 8.80. The van der Waals surface area contributed by atoms with Gasteiger partial charge in [0.15, 0.2) is 22.2 Å². The molecule has 1 heterocycles. The molecule has 0 aliphatic carbocycles. The number of hydrogen-bond donors (Lipinski definition) is 2. The van der Waals surface area contributed by atoms with Gasteiger partial charge in [-0.3, -0.25) is 14.4 Å². The number of nitrogens with one attached hydrogen (secondary N) is 1. The van der Waals surface area contributed by atoms with Crippen LogP contribution < -0.4 is 15.0 Å². The van der Waals surface area contributed by atoms with Crippen LogP contribution in [-0.4, -0.2) is 68.4 Å². The molecule has 0 aromatic heterocycles. The second-order valence-corrected chi connectivity index (χ2v) is 16.9. The third kappa shape index (κ3) is 10.5. The SMILES string of the molecule is CCCCC1(CCCC)CN(c2ccccc2)c2cc(SC)c(OCC(=O)NC(C(=O)C[C@@H](CSC)C(=O)O)c3ccccc3)cc2S(=O)(=O)C1. The van der Waals surface area contributed by atoms with E-state index in [2.05, 4.69) is 24.1 Å². The van der Waals surface area contributed by atoms with Gasteiger partial charge in [0.25, 0.3) is 5.91 Å². The van der Waals surface area contributed by atoms with E-state index in [1.54, 1.807) is 42.7 Å². The van der Waals surface area contributed by atoms with Crippen LogP contribution in [0.15, 0.2) is 82.6 Å². The van der Waals surface area contributed by atoms with E-state index in [9.17, 15) is 27.9 Å². The summed E-state index contributed by atoms with van der Waals surface area (Å²) in [4.78, 5) is 41.6. The number of carboxylic acids is 1. The zero-order valence-corrected chi connectivity index (χ0v) is 32.4. The summed E-state index contributed by atoms with van der Waals surface area (Å²) in [5, 5.41) is 12.4. The summed E-state index contributed by atoms with van der Waals surface area (Å²) in [5.41, 5.74) is 1.58. The number of amides is 1. The Morgan fingerprint density at radius 3 is 2.16 bits per heavy atom. The van der Waals surface area contributed by atoms with Crippen molar-refractivity contribution in [3.63, 3.8) is 0 Å². The maximum atomic E-state index is 14.4. The number of fused-ring (bicyclic) bond motifs is 1. The van der Waals surface area contributed by atoms with Crippen molar-refractivity contribution in [3.05, 3.63) is 78.4 Å². The molecule has 2 N–H and O–H groups in total. The largest absolute Gasteiger partial charge is 0.483 e. The molecule has 51 heavy (non-hydrogen) atoms. The molecule has 1 aliphatic rings. The van der Waals surface area contributed by atoms with Gasteiger partial charge in [0, 0.05) is 35.9 Å². The molecule has 0 fully saturated rings. The van der Waals surface area contributed by atoms with Gasteiger partial charge in [0.1, 0.15) is 11.8 Å². The predicted octanol–water partition coefficient (Wildman–Crippen LogP) is 7.96. The van der Waals surface area contributed by atoms with Gasteiger partial charge < -0.3 is 20.1 Å². The minimum Gasteiger partial charge on any atom is -0.483 e. The highest BCUT2D eigenvalue weighted by molar-refractivity contribution is 7.98. The first-order chi connectivity index (χ1) is 24.5. The molecule has 12 heteroatoms. The quantitative estimate of drug-likeness (QED) is 0.116. The third-order valence-corrected chi connectivity index (χ3v) is 12.8. The van der Waals surface area contributed by atoms with Gasteiger partial charge in [-0.25, -0.2) is 8.42 Å². The fourth-order valence-electron chi connectivity index (χ4n) is 6.70. The number of para-hydroxylation sites is 1. The predicted molar refractivity (Wildman–Crippen MR) is 207 cm³/mol. The van der Waals surface area contributed by atoms with Gasteiger partial charge in [-0.2, -0.15) is 11.8 Å². The highest BCUT2D eigenvalue weighted by Crippen LogP contribution is 2.47. The average molecular weight is 755 g/mol. The third-order valence-electron chi connectivity index (χ3n) is 9.33. The molecule has 0 radical (unpaired) electrons. The molecule has 276 valence electrons. The van der Waals surface area contributed by atoms with Crippen LogP contribution in [0, 0.1) is 11.3 Å². The first kappa shape index (κ1) is 40.3. The van der Waals surface area contributed by atoms with E-state index in [0.29, 0.717) is 22.7 Å². The van der Waals surface area contributed by atoms with Crippen LogP contribution in [0.3, 0.4) is 0 Å². The Kier molecular flexibility index (Phi) is 14.9. The highest BCUT2D eigenvalue weighted by Gasteiger charge is 2.42. The van der Waals surface area contributed by atoms with Gasteiger partial charge in [-0.1, -0.05) is 88.1 Å². The van der Waals surface area contributed by atoms with Gasteiger partial charge in [-0.15, -0.1) is 11.8 Å². The summed E-state index contributed by atoms with van der Waals surface area (Å²) in [6, 6.07) is 20.9. The van der Waals surface area contributed by atoms with Crippen LogP contribution in [-0.2, 0) is 24.2 Å². The normalized spacial score (nSPS) is 16.0. The van der Waals surface area contributed by atoms with Crippen LogP contribution in [0.1, 0.15) is 70.4 Å². The van der Waals surface area contributed by atoms with Crippen molar-refractivity contribution < 1.29 is 32.6 Å². The Morgan fingerprint density at radius 2 is 1.59 bits per heavy atom. The number of thioether (sulfide) groups is 2. The number of rotatable bonds is 19. The Bertz CT molecular complexity index is 1730. The molecule has 9 nitrogen and oxygen atoms in total. The van der Waals surface area contributed by atoms with Crippen molar-refractivity contribution >= 4 is 62.4 Å². The van der Waals surface area contributed by atoms with Gasteiger partial charge in [0.05, 0.1) is 27.1 Å². The first-order valence-electron chi connectivity index (χ1n) is 17.5. The molecule has 0 saturated heterocycles. The van der Waals surface area contributed by atoms with E-state index in [1.165, 1.54) is 23.5 Å². The molecule has 3 aromatic carbocycles. The fraction of sp³-hybridized carbons (Fsp3) is 0.462. The first-order valence-corrected chi connectivity index (χ1v) is 21.7. The molecular weight excluding hydrogens is 705 g/mol. The molecule has 1 aliphatic heterocycles. The van der Waals surface area contributed by atoms with Crippen LogP contribution in [0.4, 0.5) is 11.4 Å². The van der Waals surface area contributed by atoms with Crippen LogP contribution >= 0.6 is 23.5 Å².